The number of nitrogens with zero attached hydrogens (tertiary/aromatic N) is 3. The third-order valence-corrected chi connectivity index (χ3v) is 5.78. The number of hydrogen-bond donors (Lipinski definition) is 0. The zero-order chi connectivity index (χ0) is 19.3. The van der Waals surface area contributed by atoms with Gasteiger partial charge in [0.2, 0.25) is 5.91 Å². The van der Waals surface area contributed by atoms with Crippen LogP contribution in [0.25, 0.3) is 11.5 Å². The van der Waals surface area contributed by atoms with Gasteiger partial charge in [-0.05, 0) is 42.3 Å². The SMILES string of the molecule is COc1ccccc1-c1nnc(S[C@H](C(=O)N2CCCC2)c2ccccc2)o1. The highest BCUT2D eigenvalue weighted by atomic mass is 32.2. The summed E-state index contributed by atoms with van der Waals surface area (Å²) in [7, 11) is 1.60. The Balaban J connectivity index is 1.61. The van der Waals surface area contributed by atoms with Crippen LogP contribution in [0, 0.1) is 0 Å². The molecule has 2 aromatic carbocycles. The molecule has 0 N–H and O–H groups in total. The molecular weight excluding hydrogens is 374 g/mol. The van der Waals surface area contributed by atoms with Gasteiger partial charge in [0.15, 0.2) is 0 Å². The smallest absolute Gasteiger partial charge is 0.277 e. The molecule has 1 atom stereocenters. The summed E-state index contributed by atoms with van der Waals surface area (Å²) in [4.78, 5) is 15.0. The van der Waals surface area contributed by atoms with Crippen LogP contribution in [0.1, 0.15) is 23.7 Å². The van der Waals surface area contributed by atoms with Crippen molar-refractivity contribution in [1.82, 2.24) is 15.1 Å². The molecule has 7 heteroatoms. The van der Waals surface area contributed by atoms with Gasteiger partial charge < -0.3 is 14.1 Å². The van der Waals surface area contributed by atoms with Gasteiger partial charge in [-0.25, -0.2) is 0 Å². The van der Waals surface area contributed by atoms with Gasteiger partial charge in [-0.1, -0.05) is 42.5 Å². The summed E-state index contributed by atoms with van der Waals surface area (Å²) in [6, 6.07) is 17.2. The van der Waals surface area contributed by atoms with Gasteiger partial charge >= 0.3 is 0 Å². The van der Waals surface area contributed by atoms with Gasteiger partial charge in [0.25, 0.3) is 11.1 Å². The third-order valence-electron chi connectivity index (χ3n) is 4.71. The number of rotatable bonds is 6. The molecule has 144 valence electrons. The highest BCUT2D eigenvalue weighted by Gasteiger charge is 2.30. The van der Waals surface area contributed by atoms with Gasteiger partial charge in [-0.3, -0.25) is 4.79 Å². The number of thioether (sulfide) groups is 1. The molecule has 1 aromatic heterocycles. The van der Waals surface area contributed by atoms with Crippen molar-refractivity contribution < 1.29 is 13.9 Å². The fourth-order valence-electron chi connectivity index (χ4n) is 3.28. The molecule has 1 aliphatic heterocycles. The van der Waals surface area contributed by atoms with Crippen molar-refractivity contribution in [2.45, 2.75) is 23.3 Å². The highest BCUT2D eigenvalue weighted by Crippen LogP contribution is 2.38. The fraction of sp³-hybridized carbons (Fsp3) is 0.286. The van der Waals surface area contributed by atoms with E-state index in [-0.39, 0.29) is 5.91 Å². The van der Waals surface area contributed by atoms with Gasteiger partial charge in [0.1, 0.15) is 11.0 Å². The summed E-state index contributed by atoms with van der Waals surface area (Å²) in [5.74, 6) is 1.13. The average Bonchev–Trinajstić information content (AvgIpc) is 3.44. The number of carbonyl (C=O) groups is 1. The normalized spacial score (nSPS) is 14.8. The van der Waals surface area contributed by atoms with E-state index >= 15 is 0 Å². The quantitative estimate of drug-likeness (QED) is 0.583. The van der Waals surface area contributed by atoms with Crippen LogP contribution in [-0.2, 0) is 4.79 Å². The molecule has 1 amide bonds. The number of para-hydroxylation sites is 1. The predicted octanol–water partition coefficient (Wildman–Crippen LogP) is 4.20. The molecule has 3 aromatic rings. The van der Waals surface area contributed by atoms with Crippen LogP contribution < -0.4 is 4.74 Å². The third kappa shape index (κ3) is 3.89. The summed E-state index contributed by atoms with van der Waals surface area (Å²) in [5, 5.41) is 8.27. The number of benzene rings is 2. The standard InChI is InChI=1S/C21H21N3O3S/c1-26-17-12-6-5-11-16(17)19-22-23-21(27-19)28-18(15-9-3-2-4-10-15)20(25)24-13-7-8-14-24/h2-6,9-12,18H,7-8,13-14H2,1H3/t18-/m0/s1. The Morgan fingerprint density at radius 1 is 1.07 bits per heavy atom. The number of carbonyl (C=O) groups excluding carboxylic acids is 1. The first-order valence-electron chi connectivity index (χ1n) is 9.23. The maximum atomic E-state index is 13.1. The molecular formula is C21H21N3O3S. The molecule has 1 saturated heterocycles. The Morgan fingerprint density at radius 2 is 1.79 bits per heavy atom. The lowest BCUT2D eigenvalue weighted by Gasteiger charge is -2.22. The van der Waals surface area contributed by atoms with Crippen molar-refractivity contribution in [3.63, 3.8) is 0 Å². The van der Waals surface area contributed by atoms with Gasteiger partial charge in [-0.15, -0.1) is 10.2 Å². The fourth-order valence-corrected chi connectivity index (χ4v) is 4.24. The summed E-state index contributed by atoms with van der Waals surface area (Å²) in [5.41, 5.74) is 1.66. The monoisotopic (exact) mass is 395 g/mol. The van der Waals surface area contributed by atoms with E-state index in [2.05, 4.69) is 10.2 Å². The molecule has 28 heavy (non-hydrogen) atoms. The second-order valence-corrected chi connectivity index (χ2v) is 7.57. The molecule has 4 rings (SSSR count). The summed E-state index contributed by atoms with van der Waals surface area (Å²) in [6.07, 6.45) is 2.10. The van der Waals surface area contributed by atoms with E-state index in [0.29, 0.717) is 16.9 Å². The van der Waals surface area contributed by atoms with Crippen LogP contribution in [0.3, 0.4) is 0 Å². The first-order valence-corrected chi connectivity index (χ1v) is 10.1. The number of ether oxygens (including phenoxy) is 1. The molecule has 6 nitrogen and oxygen atoms in total. The maximum absolute atomic E-state index is 13.1. The minimum Gasteiger partial charge on any atom is -0.496 e. The lowest BCUT2D eigenvalue weighted by atomic mass is 10.1. The molecule has 0 aliphatic carbocycles. The van der Waals surface area contributed by atoms with Crippen molar-refractivity contribution >= 4 is 17.7 Å². The minimum absolute atomic E-state index is 0.0886. The van der Waals surface area contributed by atoms with Gasteiger partial charge in [0.05, 0.1) is 12.7 Å². The Bertz CT molecular complexity index is 939. The molecule has 0 spiro atoms. The predicted molar refractivity (Wildman–Crippen MR) is 107 cm³/mol. The Hall–Kier alpha value is -2.80. The van der Waals surface area contributed by atoms with Crippen LogP contribution in [0.5, 0.6) is 5.75 Å². The molecule has 1 aliphatic rings. The van der Waals surface area contributed by atoms with Crippen LogP contribution in [0.2, 0.25) is 0 Å². The number of aromatic nitrogens is 2. The zero-order valence-electron chi connectivity index (χ0n) is 15.6. The van der Waals surface area contributed by atoms with E-state index in [0.717, 1.165) is 37.1 Å². The van der Waals surface area contributed by atoms with Crippen LogP contribution in [0.4, 0.5) is 0 Å². The van der Waals surface area contributed by atoms with E-state index in [1.165, 1.54) is 11.8 Å². The first kappa shape index (κ1) is 18.6. The molecule has 0 unspecified atom stereocenters. The topological polar surface area (TPSA) is 68.5 Å². The second-order valence-electron chi connectivity index (χ2n) is 6.51. The van der Waals surface area contributed by atoms with E-state index in [1.54, 1.807) is 7.11 Å². The Kier molecular flexibility index (Phi) is 5.62. The summed E-state index contributed by atoms with van der Waals surface area (Å²) in [6.45, 7) is 1.61. The minimum atomic E-state index is -0.412. The number of likely N-dealkylation sites (tertiary alicyclic amines) is 1. The van der Waals surface area contributed by atoms with Gasteiger partial charge in [0, 0.05) is 13.1 Å². The lowest BCUT2D eigenvalue weighted by molar-refractivity contribution is -0.129. The largest absolute Gasteiger partial charge is 0.496 e. The van der Waals surface area contributed by atoms with Crippen molar-refractivity contribution in [2.75, 3.05) is 20.2 Å². The van der Waals surface area contributed by atoms with E-state index in [1.807, 2.05) is 59.5 Å². The van der Waals surface area contributed by atoms with Gasteiger partial charge in [-0.2, -0.15) is 0 Å². The Morgan fingerprint density at radius 3 is 2.54 bits per heavy atom. The van der Waals surface area contributed by atoms with Crippen LogP contribution >= 0.6 is 11.8 Å². The summed E-state index contributed by atoms with van der Waals surface area (Å²) >= 11 is 1.29. The second kappa shape index (κ2) is 8.48. The van der Waals surface area contributed by atoms with Crippen LogP contribution in [-0.4, -0.2) is 41.2 Å². The molecule has 2 heterocycles. The van der Waals surface area contributed by atoms with Crippen LogP contribution in [0.15, 0.2) is 64.2 Å². The Labute approximate surface area is 167 Å². The van der Waals surface area contributed by atoms with Crippen molar-refractivity contribution in [1.29, 1.82) is 0 Å². The lowest BCUT2D eigenvalue weighted by Crippen LogP contribution is -2.31. The van der Waals surface area contributed by atoms with E-state index < -0.39 is 5.25 Å². The number of amides is 1. The average molecular weight is 395 g/mol. The van der Waals surface area contributed by atoms with E-state index in [9.17, 15) is 4.79 Å². The molecule has 0 radical (unpaired) electrons. The zero-order valence-corrected chi connectivity index (χ0v) is 16.4. The number of hydrogen-bond acceptors (Lipinski definition) is 6. The van der Waals surface area contributed by atoms with E-state index in [4.69, 9.17) is 9.15 Å². The van der Waals surface area contributed by atoms with Crippen molar-refractivity contribution in [3.05, 3.63) is 60.2 Å². The maximum Gasteiger partial charge on any atom is 0.277 e. The first-order chi connectivity index (χ1) is 13.8. The molecule has 0 saturated carbocycles. The van der Waals surface area contributed by atoms with Crippen molar-refractivity contribution in [2.24, 2.45) is 0 Å². The molecule has 1 fully saturated rings. The van der Waals surface area contributed by atoms with Crippen molar-refractivity contribution in [3.8, 4) is 17.2 Å². The number of methoxy groups -OCH3 is 1. The highest BCUT2D eigenvalue weighted by molar-refractivity contribution is 8.00. The molecule has 0 bridgehead atoms. The summed E-state index contributed by atoms with van der Waals surface area (Å²) < 4.78 is 11.2.